The van der Waals surface area contributed by atoms with Crippen molar-refractivity contribution in [1.29, 1.82) is 0 Å². The fourth-order valence-electron chi connectivity index (χ4n) is 1.81. The van der Waals surface area contributed by atoms with Gasteiger partial charge in [-0.05, 0) is 37.3 Å². The van der Waals surface area contributed by atoms with Crippen molar-refractivity contribution >= 4 is 11.6 Å². The molecule has 2 rings (SSSR count). The van der Waals surface area contributed by atoms with Gasteiger partial charge < -0.3 is 10.4 Å². The van der Waals surface area contributed by atoms with Crippen LogP contribution < -0.4 is 5.32 Å². The lowest BCUT2D eigenvalue weighted by atomic mass is 10.1. The average Bonchev–Trinajstić information content (AvgIpc) is 2.45. The second-order valence-electron chi connectivity index (χ2n) is 4.36. The second kappa shape index (κ2) is 6.55. The van der Waals surface area contributed by atoms with Gasteiger partial charge in [-0.15, -0.1) is 0 Å². The van der Waals surface area contributed by atoms with Crippen molar-refractivity contribution in [3.8, 4) is 11.8 Å². The highest BCUT2D eigenvalue weighted by Crippen LogP contribution is 2.12. The molecule has 20 heavy (non-hydrogen) atoms. The molecular weight excluding hydrogens is 250 g/mol. The summed E-state index contributed by atoms with van der Waals surface area (Å²) in [6.45, 7) is 1.77. The summed E-state index contributed by atoms with van der Waals surface area (Å²) in [4.78, 5) is 12.1. The molecule has 2 N–H and O–H groups in total. The Hall–Kier alpha value is -2.57. The maximum Gasteiger partial charge on any atom is 0.255 e. The topological polar surface area (TPSA) is 49.3 Å². The van der Waals surface area contributed by atoms with E-state index in [1.54, 1.807) is 18.2 Å². The zero-order valence-electron chi connectivity index (χ0n) is 11.2. The van der Waals surface area contributed by atoms with Crippen LogP contribution in [0.5, 0.6) is 0 Å². The van der Waals surface area contributed by atoms with Crippen LogP contribution in [0.4, 0.5) is 5.69 Å². The Kier molecular flexibility index (Phi) is 4.54. The minimum absolute atomic E-state index is 0.152. The van der Waals surface area contributed by atoms with Crippen molar-refractivity contribution < 1.29 is 9.90 Å². The number of anilines is 1. The van der Waals surface area contributed by atoms with E-state index < -0.39 is 0 Å². The van der Waals surface area contributed by atoms with Crippen LogP contribution in [-0.4, -0.2) is 17.6 Å². The third-order valence-corrected chi connectivity index (χ3v) is 2.71. The summed E-state index contributed by atoms with van der Waals surface area (Å²) < 4.78 is 0. The van der Waals surface area contributed by atoms with Gasteiger partial charge in [0.25, 0.3) is 5.91 Å². The van der Waals surface area contributed by atoms with Crippen LogP contribution in [0.3, 0.4) is 0 Å². The van der Waals surface area contributed by atoms with Crippen molar-refractivity contribution in [3.63, 3.8) is 0 Å². The van der Waals surface area contributed by atoms with Crippen molar-refractivity contribution in [2.45, 2.75) is 6.92 Å². The predicted molar refractivity (Wildman–Crippen MR) is 79.5 cm³/mol. The first-order valence-electron chi connectivity index (χ1n) is 6.27. The quantitative estimate of drug-likeness (QED) is 0.820. The number of nitrogens with one attached hydrogen (secondary N) is 1. The van der Waals surface area contributed by atoms with Gasteiger partial charge >= 0.3 is 0 Å². The molecule has 0 aliphatic heterocycles. The van der Waals surface area contributed by atoms with E-state index >= 15 is 0 Å². The van der Waals surface area contributed by atoms with Gasteiger partial charge in [-0.25, -0.2) is 0 Å². The molecule has 0 unspecified atom stereocenters. The number of aliphatic hydroxyl groups is 1. The van der Waals surface area contributed by atoms with Gasteiger partial charge in [0, 0.05) is 16.8 Å². The molecule has 0 saturated carbocycles. The Bertz CT molecular complexity index is 681. The minimum atomic E-state index is -0.181. The summed E-state index contributed by atoms with van der Waals surface area (Å²) in [6, 6.07) is 14.6. The largest absolute Gasteiger partial charge is 0.384 e. The zero-order chi connectivity index (χ0) is 14.4. The first-order valence-corrected chi connectivity index (χ1v) is 6.27. The standard InChI is InChI=1S/C17H15NO2/c1-13-5-2-8-15(11-13)17(20)18-16-9-3-6-14(12-16)7-4-10-19/h2-3,5-6,8-9,11-12,19H,10H2,1H3,(H,18,20). The first kappa shape index (κ1) is 13.9. The summed E-state index contributed by atoms with van der Waals surface area (Å²) in [6.07, 6.45) is 0. The molecule has 3 nitrogen and oxygen atoms in total. The molecule has 0 aliphatic rings. The molecule has 1 amide bonds. The van der Waals surface area contributed by atoms with E-state index in [1.807, 2.05) is 37.3 Å². The van der Waals surface area contributed by atoms with Crippen molar-refractivity contribution in [1.82, 2.24) is 0 Å². The molecule has 2 aromatic carbocycles. The molecule has 0 saturated heterocycles. The molecule has 0 spiro atoms. The number of carbonyl (C=O) groups is 1. The molecule has 100 valence electrons. The van der Waals surface area contributed by atoms with E-state index in [0.29, 0.717) is 11.3 Å². The summed E-state index contributed by atoms with van der Waals surface area (Å²) in [7, 11) is 0. The van der Waals surface area contributed by atoms with Crippen molar-refractivity contribution in [2.75, 3.05) is 11.9 Å². The number of aryl methyl sites for hydroxylation is 1. The molecule has 0 radical (unpaired) electrons. The maximum absolute atomic E-state index is 12.1. The highest BCUT2D eigenvalue weighted by Gasteiger charge is 2.05. The van der Waals surface area contributed by atoms with Gasteiger partial charge in [-0.1, -0.05) is 35.6 Å². The Labute approximate surface area is 118 Å². The number of hydrogen-bond acceptors (Lipinski definition) is 2. The van der Waals surface area contributed by atoms with E-state index in [-0.39, 0.29) is 12.5 Å². The van der Waals surface area contributed by atoms with Crippen LogP contribution in [0.15, 0.2) is 48.5 Å². The molecular formula is C17H15NO2. The SMILES string of the molecule is Cc1cccc(C(=O)Nc2cccc(C#CCO)c2)c1. The van der Waals surface area contributed by atoms with Gasteiger partial charge in [0.15, 0.2) is 0 Å². The molecule has 0 aliphatic carbocycles. The number of aliphatic hydroxyl groups excluding tert-OH is 1. The number of hydrogen-bond donors (Lipinski definition) is 2. The van der Waals surface area contributed by atoms with Crippen LogP contribution in [0.1, 0.15) is 21.5 Å². The highest BCUT2D eigenvalue weighted by molar-refractivity contribution is 6.04. The van der Waals surface area contributed by atoms with E-state index in [1.165, 1.54) is 0 Å². The summed E-state index contributed by atoms with van der Waals surface area (Å²) in [5.74, 6) is 5.23. The molecule has 0 aromatic heterocycles. The Morgan fingerprint density at radius 3 is 2.75 bits per heavy atom. The van der Waals surface area contributed by atoms with E-state index in [0.717, 1.165) is 11.1 Å². The number of benzene rings is 2. The minimum Gasteiger partial charge on any atom is -0.384 e. The van der Waals surface area contributed by atoms with Gasteiger partial charge in [0.05, 0.1) is 0 Å². The zero-order valence-corrected chi connectivity index (χ0v) is 11.2. The molecule has 2 aromatic rings. The Balaban J connectivity index is 2.15. The first-order chi connectivity index (χ1) is 9.69. The average molecular weight is 265 g/mol. The van der Waals surface area contributed by atoms with Crippen LogP contribution in [0.25, 0.3) is 0 Å². The summed E-state index contributed by atoms with van der Waals surface area (Å²) in [5, 5.41) is 11.5. The van der Waals surface area contributed by atoms with Crippen LogP contribution in [-0.2, 0) is 0 Å². The lowest BCUT2D eigenvalue weighted by Gasteiger charge is -2.06. The van der Waals surface area contributed by atoms with Crippen molar-refractivity contribution in [2.24, 2.45) is 0 Å². The van der Waals surface area contributed by atoms with Gasteiger partial charge in [-0.2, -0.15) is 0 Å². The fraction of sp³-hybridized carbons (Fsp3) is 0.118. The normalized spacial score (nSPS) is 9.50. The maximum atomic E-state index is 12.1. The monoisotopic (exact) mass is 265 g/mol. The number of amides is 1. The smallest absolute Gasteiger partial charge is 0.255 e. The van der Waals surface area contributed by atoms with E-state index in [2.05, 4.69) is 17.2 Å². The number of carbonyl (C=O) groups excluding carboxylic acids is 1. The van der Waals surface area contributed by atoms with Crippen LogP contribution >= 0.6 is 0 Å². The lowest BCUT2D eigenvalue weighted by Crippen LogP contribution is -2.11. The van der Waals surface area contributed by atoms with Gasteiger partial charge in [-0.3, -0.25) is 4.79 Å². The second-order valence-corrected chi connectivity index (χ2v) is 4.36. The molecule has 0 fully saturated rings. The van der Waals surface area contributed by atoms with E-state index in [4.69, 9.17) is 5.11 Å². The third kappa shape index (κ3) is 3.71. The summed E-state index contributed by atoms with van der Waals surface area (Å²) in [5.41, 5.74) is 3.10. The third-order valence-electron chi connectivity index (χ3n) is 2.71. The predicted octanol–water partition coefficient (Wildman–Crippen LogP) is 2.59. The molecule has 0 heterocycles. The highest BCUT2D eigenvalue weighted by atomic mass is 16.2. The molecule has 0 atom stereocenters. The Morgan fingerprint density at radius 2 is 2.00 bits per heavy atom. The molecule has 3 heteroatoms. The van der Waals surface area contributed by atoms with E-state index in [9.17, 15) is 4.79 Å². The Morgan fingerprint density at radius 1 is 1.20 bits per heavy atom. The van der Waals surface area contributed by atoms with Crippen LogP contribution in [0.2, 0.25) is 0 Å². The van der Waals surface area contributed by atoms with Crippen LogP contribution in [0, 0.1) is 18.8 Å². The lowest BCUT2D eigenvalue weighted by molar-refractivity contribution is 0.102. The number of rotatable bonds is 2. The van der Waals surface area contributed by atoms with Crippen molar-refractivity contribution in [3.05, 3.63) is 65.2 Å². The van der Waals surface area contributed by atoms with Gasteiger partial charge in [0.2, 0.25) is 0 Å². The molecule has 0 bridgehead atoms. The summed E-state index contributed by atoms with van der Waals surface area (Å²) >= 11 is 0. The van der Waals surface area contributed by atoms with Gasteiger partial charge in [0.1, 0.15) is 6.61 Å². The fourth-order valence-corrected chi connectivity index (χ4v) is 1.81.